The van der Waals surface area contributed by atoms with E-state index >= 15 is 0 Å². The van der Waals surface area contributed by atoms with Crippen LogP contribution in [0.25, 0.3) is 0 Å². The summed E-state index contributed by atoms with van der Waals surface area (Å²) >= 11 is 0. The fourth-order valence-electron chi connectivity index (χ4n) is 13.0. The molecule has 14 nitrogen and oxygen atoms in total. The summed E-state index contributed by atoms with van der Waals surface area (Å²) in [6, 6.07) is -0.943. The highest BCUT2D eigenvalue weighted by Crippen LogP contribution is 2.30. The molecular weight excluding hydrogens is 1330 g/mol. The van der Waals surface area contributed by atoms with Crippen LogP contribution in [0.3, 0.4) is 0 Å². The number of ether oxygens (including phenoxy) is 4. The van der Waals surface area contributed by atoms with Gasteiger partial charge in [0.25, 0.3) is 0 Å². The Morgan fingerprint density at radius 2 is 0.651 bits per heavy atom. The van der Waals surface area contributed by atoms with Gasteiger partial charge in [0, 0.05) is 6.42 Å². The van der Waals surface area contributed by atoms with Crippen LogP contribution in [0, 0.1) is 0 Å². The fraction of sp³-hybridized carbons (Fsp3) is 0.707. The third kappa shape index (κ3) is 55.1. The molecule has 106 heavy (non-hydrogen) atoms. The lowest BCUT2D eigenvalue weighted by atomic mass is 9.97. The predicted octanol–water partition coefficient (Wildman–Crippen LogP) is 20.5. The van der Waals surface area contributed by atoms with Gasteiger partial charge in [-0.25, -0.2) is 0 Å². The summed E-state index contributed by atoms with van der Waals surface area (Å²) < 4.78 is 22.9. The van der Waals surface area contributed by atoms with Gasteiger partial charge in [-0.15, -0.1) is 0 Å². The molecule has 12 atom stereocenters. The van der Waals surface area contributed by atoms with E-state index < -0.39 is 86.8 Å². The summed E-state index contributed by atoms with van der Waals surface area (Å²) in [4.78, 5) is 13.4. The molecular formula is C92H155NO13. The van der Waals surface area contributed by atoms with E-state index in [2.05, 4.69) is 165 Å². The molecule has 9 N–H and O–H groups in total. The standard InChI is InChI=1S/C92H155NO13/c1-3-5-7-9-11-13-15-17-19-21-23-25-27-29-31-33-35-36-37-38-39-40-41-42-43-44-46-48-50-52-54-56-58-60-62-64-66-68-70-72-74-76-84(97)93-80(79-103-91-89(102)87(100)90(83(78-95)105-91)106-92-88(101)86(99)85(98)82(77-94)104-92)81(96)75-73-71-69-67-65-63-61-59-57-55-53-51-49-47-45-34-32-30-28-26-24-22-20-18-16-14-12-10-8-6-4-2/h5,7,11,13,17,19,23,25,29,31,35-36,38-39,41-42,44,46,50,52,56,58,62,64,73,75,80-83,85-92,94-96,98-102H,3-4,6,8-10,12,14-16,18,20-22,24,26-28,30,32-34,37,40,43,45,47-49,51,53-55,57,59-61,63,65-72,74,76-79H2,1-2H3,(H,93,97)/b7-5-,13-11-,19-17-,25-23-,31-29-,36-35-,39-38-,42-41-,46-44-,52-50-,58-56-,64-62-,75-73+. The largest absolute Gasteiger partial charge is 0.394 e. The molecule has 0 bridgehead atoms. The third-order valence-electron chi connectivity index (χ3n) is 19.7. The number of allylic oxidation sites excluding steroid dienone is 25. The minimum absolute atomic E-state index is 0.242. The first-order chi connectivity index (χ1) is 52.1. The molecule has 0 radical (unpaired) electrons. The average molecular weight is 1480 g/mol. The first kappa shape index (κ1) is 97.7. The highest BCUT2D eigenvalue weighted by molar-refractivity contribution is 5.76. The smallest absolute Gasteiger partial charge is 0.220 e. The van der Waals surface area contributed by atoms with Crippen molar-refractivity contribution in [2.24, 2.45) is 0 Å². The van der Waals surface area contributed by atoms with E-state index in [1.54, 1.807) is 6.08 Å². The SMILES string of the molecule is CC/C=C\C/C=C\C/C=C\C/C=C\C/C=C\C/C=C\C/C=C\C/C=C\C/C=C\C/C=C\C/C=C\C/C=C\CCCCCCC(=O)NC(COC1OC(CO)C(OC2OC(CO)C(O)C(O)C2O)C(O)C1O)C(O)/C=C/CCCCCCCCCCCCCCCCCCCCCCCCCCCCCCC. The first-order valence-electron chi connectivity index (χ1n) is 42.7. The number of nitrogens with one attached hydrogen (secondary N) is 1. The molecule has 2 saturated heterocycles. The van der Waals surface area contributed by atoms with E-state index in [1.165, 1.54) is 173 Å². The Hall–Kier alpha value is -4.39. The molecule has 0 aromatic rings. The predicted molar refractivity (Wildman–Crippen MR) is 442 cm³/mol. The summed E-state index contributed by atoms with van der Waals surface area (Å²) in [6.07, 6.45) is 96.1. The first-order valence-corrected chi connectivity index (χ1v) is 42.7. The maximum atomic E-state index is 13.4. The number of aliphatic hydroxyl groups excluding tert-OH is 8. The summed E-state index contributed by atoms with van der Waals surface area (Å²) in [5, 5.41) is 87.8. The molecule has 0 aromatic heterocycles. The monoisotopic (exact) mass is 1480 g/mol. The number of unbranched alkanes of at least 4 members (excludes halogenated alkanes) is 33. The number of amides is 1. The van der Waals surface area contributed by atoms with Crippen molar-refractivity contribution in [2.75, 3.05) is 19.8 Å². The summed E-state index contributed by atoms with van der Waals surface area (Å²) in [6.45, 7) is 2.70. The van der Waals surface area contributed by atoms with E-state index in [0.717, 1.165) is 122 Å². The van der Waals surface area contributed by atoms with Crippen LogP contribution in [0.4, 0.5) is 0 Å². The molecule has 2 aliphatic heterocycles. The minimum Gasteiger partial charge on any atom is -0.394 e. The van der Waals surface area contributed by atoms with E-state index in [1.807, 2.05) is 6.08 Å². The van der Waals surface area contributed by atoms with E-state index in [4.69, 9.17) is 18.9 Å². The Kier molecular flexibility index (Phi) is 67.7. The van der Waals surface area contributed by atoms with E-state index in [9.17, 15) is 45.6 Å². The Morgan fingerprint density at radius 3 is 1.00 bits per heavy atom. The fourth-order valence-corrected chi connectivity index (χ4v) is 13.0. The quantitative estimate of drug-likeness (QED) is 0.0204. The Bertz CT molecular complexity index is 2400. The number of hydrogen-bond donors (Lipinski definition) is 9. The van der Waals surface area contributed by atoms with Gasteiger partial charge in [-0.2, -0.15) is 0 Å². The van der Waals surface area contributed by atoms with Crippen LogP contribution in [-0.2, 0) is 23.7 Å². The van der Waals surface area contributed by atoms with Crippen LogP contribution in [0.2, 0.25) is 0 Å². The van der Waals surface area contributed by atoms with Gasteiger partial charge in [-0.3, -0.25) is 4.79 Å². The van der Waals surface area contributed by atoms with Crippen LogP contribution in [-0.4, -0.2) is 140 Å². The second-order valence-electron chi connectivity index (χ2n) is 29.2. The minimum atomic E-state index is -1.80. The van der Waals surface area contributed by atoms with Crippen LogP contribution in [0.5, 0.6) is 0 Å². The lowest BCUT2D eigenvalue weighted by molar-refractivity contribution is -0.359. The van der Waals surface area contributed by atoms with Gasteiger partial charge >= 0.3 is 0 Å². The lowest BCUT2D eigenvalue weighted by Gasteiger charge is -2.46. The topological polar surface area (TPSA) is 228 Å². The van der Waals surface area contributed by atoms with Crippen molar-refractivity contribution in [2.45, 2.75) is 396 Å². The molecule has 1 amide bonds. The number of carbonyl (C=O) groups is 1. The average Bonchev–Trinajstić information content (AvgIpc) is 0.790. The van der Waals surface area contributed by atoms with Gasteiger partial charge in [0.05, 0.1) is 32.0 Å². The van der Waals surface area contributed by atoms with Crippen molar-refractivity contribution in [1.29, 1.82) is 0 Å². The second-order valence-corrected chi connectivity index (χ2v) is 29.2. The Balaban J connectivity index is 1.64. The molecule has 14 heteroatoms. The molecule has 0 aliphatic carbocycles. The van der Waals surface area contributed by atoms with Crippen LogP contribution in [0.15, 0.2) is 158 Å². The number of aliphatic hydroxyl groups is 8. The molecule has 0 spiro atoms. The number of hydrogen-bond acceptors (Lipinski definition) is 13. The Labute approximate surface area is 645 Å². The molecule has 2 aliphatic rings. The molecule has 12 unspecified atom stereocenters. The summed E-state index contributed by atoms with van der Waals surface area (Å²) in [5.74, 6) is -0.266. The molecule has 2 rings (SSSR count). The Morgan fingerprint density at radius 1 is 0.349 bits per heavy atom. The van der Waals surface area contributed by atoms with Crippen molar-refractivity contribution < 1.29 is 64.6 Å². The molecule has 0 saturated carbocycles. The van der Waals surface area contributed by atoms with E-state index in [0.29, 0.717) is 6.42 Å². The molecule has 0 aromatic carbocycles. The van der Waals surface area contributed by atoms with Crippen LogP contribution >= 0.6 is 0 Å². The lowest BCUT2D eigenvalue weighted by Crippen LogP contribution is -2.65. The number of rotatable bonds is 70. The second kappa shape index (κ2) is 73.4. The van der Waals surface area contributed by atoms with Crippen molar-refractivity contribution >= 4 is 5.91 Å². The summed E-state index contributed by atoms with van der Waals surface area (Å²) in [7, 11) is 0. The zero-order valence-electron chi connectivity index (χ0n) is 66.6. The molecule has 606 valence electrons. The maximum absolute atomic E-state index is 13.4. The van der Waals surface area contributed by atoms with Crippen LogP contribution < -0.4 is 5.32 Å². The highest BCUT2D eigenvalue weighted by Gasteiger charge is 2.51. The van der Waals surface area contributed by atoms with E-state index in [-0.39, 0.29) is 18.9 Å². The van der Waals surface area contributed by atoms with Crippen molar-refractivity contribution in [3.05, 3.63) is 158 Å². The summed E-state index contributed by atoms with van der Waals surface area (Å²) in [5.41, 5.74) is 0. The maximum Gasteiger partial charge on any atom is 0.220 e. The van der Waals surface area contributed by atoms with Gasteiger partial charge in [0.1, 0.15) is 48.8 Å². The van der Waals surface area contributed by atoms with Crippen molar-refractivity contribution in [3.63, 3.8) is 0 Å². The third-order valence-corrected chi connectivity index (χ3v) is 19.7. The zero-order valence-corrected chi connectivity index (χ0v) is 66.6. The van der Waals surface area contributed by atoms with Crippen molar-refractivity contribution in [3.8, 4) is 0 Å². The van der Waals surface area contributed by atoms with Gasteiger partial charge < -0.3 is 65.1 Å². The highest BCUT2D eigenvalue weighted by atomic mass is 16.7. The van der Waals surface area contributed by atoms with Gasteiger partial charge in [-0.05, 0) is 109 Å². The van der Waals surface area contributed by atoms with Gasteiger partial charge in [0.15, 0.2) is 12.6 Å². The molecule has 2 heterocycles. The van der Waals surface area contributed by atoms with Crippen LogP contribution in [0.1, 0.15) is 322 Å². The molecule has 2 fully saturated rings. The van der Waals surface area contributed by atoms with Gasteiger partial charge in [-0.1, -0.05) is 364 Å². The number of carbonyl (C=O) groups excluding carboxylic acids is 1. The van der Waals surface area contributed by atoms with Gasteiger partial charge in [0.2, 0.25) is 5.91 Å². The normalized spacial score (nSPS) is 22.1. The van der Waals surface area contributed by atoms with Crippen molar-refractivity contribution in [1.82, 2.24) is 5.32 Å². The zero-order chi connectivity index (χ0) is 76.5.